The number of thiazole rings is 1. The van der Waals surface area contributed by atoms with E-state index in [0.29, 0.717) is 13.0 Å². The maximum atomic E-state index is 11.2. The molecule has 0 aliphatic heterocycles. The summed E-state index contributed by atoms with van der Waals surface area (Å²) in [6, 6.07) is 4.10. The van der Waals surface area contributed by atoms with Gasteiger partial charge in [-0.3, -0.25) is 4.55 Å². The molecule has 2 heterocycles. The van der Waals surface area contributed by atoms with Crippen LogP contribution in [0.2, 0.25) is 0 Å². The number of aryl methyl sites for hydroxylation is 1. The van der Waals surface area contributed by atoms with E-state index in [1.54, 1.807) is 41.5 Å². The predicted octanol–water partition coefficient (Wildman–Crippen LogP) is 4.80. The lowest BCUT2D eigenvalue weighted by Crippen LogP contribution is -2.36. The topological polar surface area (TPSA) is 67.5 Å². The molecule has 0 unspecified atom stereocenters. The van der Waals surface area contributed by atoms with Crippen LogP contribution in [0.1, 0.15) is 24.8 Å². The minimum Gasteiger partial charge on any atom is -0.496 e. The third-order valence-corrected chi connectivity index (χ3v) is 8.03. The van der Waals surface area contributed by atoms with Gasteiger partial charge in [-0.05, 0) is 29.0 Å². The maximum absolute atomic E-state index is 11.2. The number of methoxy groups -OCH3 is 1. The van der Waals surface area contributed by atoms with Crippen LogP contribution < -0.4 is 9.30 Å². The quantitative estimate of drug-likeness (QED) is 0.399. The number of aromatic nitrogens is 1. The molecule has 3 rings (SSSR count). The molecule has 9 heteroatoms. The van der Waals surface area contributed by atoms with Crippen molar-refractivity contribution in [2.45, 2.75) is 26.3 Å². The monoisotopic (exact) mass is 444 g/mol. The molecule has 0 atom stereocenters. The standard InChI is InChI=1S/C18H21NO4S4/c1-4-12(24-3)10-16-19(7-5-9-27(20,21)22)17-15(26-16)11-14(23-2)13-6-8-25-18(13)17/h6,8,10-11H,4-5,7,9H2,1-3H3/p+1. The normalized spacial score (nSPS) is 13.0. The highest BCUT2D eigenvalue weighted by molar-refractivity contribution is 8.02. The summed E-state index contributed by atoms with van der Waals surface area (Å²) in [5.74, 6) is 0.606. The van der Waals surface area contributed by atoms with Gasteiger partial charge < -0.3 is 4.74 Å². The highest BCUT2D eigenvalue weighted by Crippen LogP contribution is 2.38. The van der Waals surface area contributed by atoms with Gasteiger partial charge in [0.15, 0.2) is 6.54 Å². The first kappa shape index (κ1) is 20.6. The molecule has 0 saturated carbocycles. The summed E-state index contributed by atoms with van der Waals surface area (Å²) in [4.78, 5) is 1.26. The van der Waals surface area contributed by atoms with E-state index in [1.807, 2.05) is 11.4 Å². The molecule has 1 N–H and O–H groups in total. The fourth-order valence-electron chi connectivity index (χ4n) is 3.02. The summed E-state index contributed by atoms with van der Waals surface area (Å²) in [5.41, 5.74) is 1.10. The van der Waals surface area contributed by atoms with Crippen LogP contribution in [0, 0.1) is 0 Å². The summed E-state index contributed by atoms with van der Waals surface area (Å²) in [5, 5.41) is 4.18. The van der Waals surface area contributed by atoms with Crippen LogP contribution in [-0.4, -0.2) is 32.1 Å². The van der Waals surface area contributed by atoms with E-state index >= 15 is 0 Å². The van der Waals surface area contributed by atoms with E-state index in [-0.39, 0.29) is 5.75 Å². The van der Waals surface area contributed by atoms with Gasteiger partial charge in [-0.15, -0.1) is 23.1 Å². The lowest BCUT2D eigenvalue weighted by atomic mass is 10.2. The molecule has 0 spiro atoms. The lowest BCUT2D eigenvalue weighted by Gasteiger charge is -2.02. The molecule has 0 saturated heterocycles. The first-order chi connectivity index (χ1) is 12.9. The zero-order valence-corrected chi connectivity index (χ0v) is 18.7. The average molecular weight is 445 g/mol. The van der Waals surface area contributed by atoms with E-state index in [2.05, 4.69) is 29.9 Å². The van der Waals surface area contributed by atoms with Gasteiger partial charge in [0.1, 0.15) is 15.1 Å². The molecule has 1 aromatic carbocycles. The predicted molar refractivity (Wildman–Crippen MR) is 117 cm³/mol. The highest BCUT2D eigenvalue weighted by atomic mass is 32.2. The van der Waals surface area contributed by atoms with Crippen molar-refractivity contribution in [3.05, 3.63) is 27.4 Å². The van der Waals surface area contributed by atoms with Crippen LogP contribution >= 0.6 is 34.4 Å². The Labute approximate surface area is 171 Å². The molecular formula is C18H22NO4S4+. The number of fused-ring (bicyclic) bond motifs is 3. The van der Waals surface area contributed by atoms with E-state index in [9.17, 15) is 8.42 Å². The van der Waals surface area contributed by atoms with Gasteiger partial charge >= 0.3 is 0 Å². The van der Waals surface area contributed by atoms with E-state index in [0.717, 1.165) is 37.5 Å². The first-order valence-corrected chi connectivity index (χ1v) is 13.0. The number of thioether (sulfide) groups is 1. The van der Waals surface area contributed by atoms with Crippen LogP contribution in [0.15, 0.2) is 22.4 Å². The Balaban J connectivity index is 2.20. The summed E-state index contributed by atoms with van der Waals surface area (Å²) in [7, 11) is -2.29. The average Bonchev–Trinajstić information content (AvgIpc) is 3.22. The maximum Gasteiger partial charge on any atom is 0.265 e. The summed E-state index contributed by atoms with van der Waals surface area (Å²) >= 11 is 5.05. The molecule has 0 fully saturated rings. The van der Waals surface area contributed by atoms with Gasteiger partial charge in [0.05, 0.1) is 12.9 Å². The molecule has 2 aromatic heterocycles. The number of benzene rings is 1. The number of nitrogens with zero attached hydrogens (tertiary/aromatic N) is 1. The highest BCUT2D eigenvalue weighted by Gasteiger charge is 2.25. The van der Waals surface area contributed by atoms with E-state index in [1.165, 1.54) is 4.91 Å². The molecule has 5 nitrogen and oxygen atoms in total. The van der Waals surface area contributed by atoms with Crippen LogP contribution in [0.3, 0.4) is 0 Å². The fraction of sp³-hybridized carbons (Fsp3) is 0.389. The minimum absolute atomic E-state index is 0.243. The lowest BCUT2D eigenvalue weighted by molar-refractivity contribution is -0.667. The minimum atomic E-state index is -3.97. The Morgan fingerprint density at radius 1 is 1.44 bits per heavy atom. The number of allylic oxidation sites excluding steroid dienone is 1. The number of ether oxygens (including phenoxy) is 1. The number of thiophene rings is 1. The zero-order valence-electron chi connectivity index (χ0n) is 15.4. The van der Waals surface area contributed by atoms with Crippen molar-refractivity contribution in [2.75, 3.05) is 19.1 Å². The zero-order chi connectivity index (χ0) is 19.6. The van der Waals surface area contributed by atoms with Crippen molar-refractivity contribution in [1.82, 2.24) is 0 Å². The summed E-state index contributed by atoms with van der Waals surface area (Å²) in [6.07, 6.45) is 5.54. The first-order valence-electron chi connectivity index (χ1n) is 8.48. The van der Waals surface area contributed by atoms with Gasteiger partial charge in [0.25, 0.3) is 15.1 Å². The Bertz CT molecular complexity index is 1090. The molecular weight excluding hydrogens is 422 g/mol. The largest absolute Gasteiger partial charge is 0.496 e. The van der Waals surface area contributed by atoms with Crippen LogP contribution in [0.4, 0.5) is 0 Å². The van der Waals surface area contributed by atoms with E-state index < -0.39 is 10.1 Å². The molecule has 27 heavy (non-hydrogen) atoms. The Morgan fingerprint density at radius 3 is 2.85 bits per heavy atom. The van der Waals surface area contributed by atoms with Crippen molar-refractivity contribution in [3.63, 3.8) is 0 Å². The molecule has 146 valence electrons. The fourth-order valence-corrected chi connectivity index (χ4v) is 6.33. The van der Waals surface area contributed by atoms with Gasteiger partial charge in [-0.25, -0.2) is 0 Å². The van der Waals surface area contributed by atoms with Crippen LogP contribution in [0.25, 0.3) is 26.4 Å². The second-order valence-electron chi connectivity index (χ2n) is 5.99. The molecule has 0 aliphatic rings. The van der Waals surface area contributed by atoms with Crippen molar-refractivity contribution in [3.8, 4) is 5.75 Å². The smallest absolute Gasteiger partial charge is 0.265 e. The van der Waals surface area contributed by atoms with Crippen molar-refractivity contribution >= 4 is 70.9 Å². The Hall–Kier alpha value is -1.13. The Kier molecular flexibility index (Phi) is 6.47. The second-order valence-corrected chi connectivity index (χ2v) is 10.5. The number of hydrogen-bond donors (Lipinski definition) is 1. The molecule has 0 bridgehead atoms. The molecule has 0 aliphatic carbocycles. The van der Waals surface area contributed by atoms with Gasteiger partial charge in [-0.1, -0.05) is 18.3 Å². The van der Waals surface area contributed by atoms with Crippen molar-refractivity contribution in [1.29, 1.82) is 0 Å². The number of rotatable bonds is 8. The number of hydrogen-bond acceptors (Lipinski definition) is 6. The molecule has 0 radical (unpaired) electrons. The summed E-state index contributed by atoms with van der Waals surface area (Å²) in [6.45, 7) is 2.65. The van der Waals surface area contributed by atoms with Gasteiger partial charge in [0.2, 0.25) is 5.52 Å². The second kappa shape index (κ2) is 8.48. The molecule has 0 amide bonds. The summed E-state index contributed by atoms with van der Waals surface area (Å²) < 4.78 is 41.4. The third kappa shape index (κ3) is 4.48. The van der Waals surface area contributed by atoms with Crippen molar-refractivity contribution < 1.29 is 22.3 Å². The molecule has 3 aromatic rings. The van der Waals surface area contributed by atoms with Gasteiger partial charge in [0, 0.05) is 23.9 Å². The van der Waals surface area contributed by atoms with Crippen LogP contribution in [0.5, 0.6) is 5.75 Å². The third-order valence-electron chi connectivity index (χ3n) is 4.29. The van der Waals surface area contributed by atoms with Gasteiger partial charge in [-0.2, -0.15) is 13.0 Å². The Morgan fingerprint density at radius 2 is 2.22 bits per heavy atom. The SMILES string of the molecule is CCC(=Cc1sc2cc(OC)c3ccsc3c2[n+]1CCCS(=O)(=O)O)SC. The van der Waals surface area contributed by atoms with Crippen molar-refractivity contribution in [2.24, 2.45) is 0 Å². The van der Waals surface area contributed by atoms with E-state index in [4.69, 9.17) is 9.29 Å². The van der Waals surface area contributed by atoms with Crippen LogP contribution in [-0.2, 0) is 16.7 Å².